The maximum atomic E-state index is 12.4. The summed E-state index contributed by atoms with van der Waals surface area (Å²) in [4.78, 5) is 4.52. The number of phenolic OH excluding ortho intramolecular Hbond substituents is 1. The number of halogens is 1. The third-order valence-electron chi connectivity index (χ3n) is 2.84. The number of hydrogen-bond acceptors (Lipinski definition) is 5. The number of rotatable bonds is 4. The van der Waals surface area contributed by atoms with Crippen LogP contribution in [-0.2, 0) is 16.6 Å². The molecule has 1 aromatic carbocycles. The maximum absolute atomic E-state index is 12.4. The van der Waals surface area contributed by atoms with Crippen LogP contribution in [0.4, 0.5) is 0 Å². The second-order valence-corrected chi connectivity index (χ2v) is 7.17. The third-order valence-corrected chi connectivity index (χ3v) is 5.39. The highest BCUT2D eigenvalue weighted by Gasteiger charge is 2.24. The molecule has 2 aromatic heterocycles. The summed E-state index contributed by atoms with van der Waals surface area (Å²) in [5, 5.41) is 10.8. The first-order valence-corrected chi connectivity index (χ1v) is 8.60. The van der Waals surface area contributed by atoms with Crippen LogP contribution in [0.3, 0.4) is 0 Å². The van der Waals surface area contributed by atoms with Crippen molar-refractivity contribution in [3.8, 4) is 5.75 Å². The molecule has 2 N–H and O–H groups in total. The van der Waals surface area contributed by atoms with E-state index in [9.17, 15) is 13.5 Å². The molecule has 0 amide bonds. The monoisotopic (exact) mass is 343 g/mol. The second kappa shape index (κ2) is 5.30. The first kappa shape index (κ1) is 14.3. The first-order valence-electron chi connectivity index (χ1n) is 5.86. The molecule has 6 nitrogen and oxygen atoms in total. The molecule has 0 radical (unpaired) electrons. The highest BCUT2D eigenvalue weighted by atomic mass is 35.5. The molecule has 21 heavy (non-hydrogen) atoms. The smallest absolute Gasteiger partial charge is 0.260 e. The summed E-state index contributed by atoms with van der Waals surface area (Å²) in [6.45, 7) is 0.0936. The molecule has 0 saturated heterocycles. The van der Waals surface area contributed by atoms with Crippen LogP contribution in [0, 0.1) is 0 Å². The molecule has 0 saturated carbocycles. The zero-order chi connectivity index (χ0) is 15.0. The van der Waals surface area contributed by atoms with Crippen molar-refractivity contribution >= 4 is 37.9 Å². The largest absolute Gasteiger partial charge is 0.508 e. The number of hydrogen-bond donors (Lipinski definition) is 2. The van der Waals surface area contributed by atoms with E-state index < -0.39 is 10.0 Å². The Kier molecular flexibility index (Phi) is 3.62. The van der Waals surface area contributed by atoms with Crippen LogP contribution >= 0.6 is 22.9 Å². The topological polar surface area (TPSA) is 83.7 Å². The lowest BCUT2D eigenvalue weighted by Crippen LogP contribution is -2.24. The van der Waals surface area contributed by atoms with Crippen LogP contribution in [0.5, 0.6) is 5.75 Å². The molecule has 0 atom stereocenters. The predicted octanol–water partition coefficient (Wildman–Crippen LogP) is 2.23. The van der Waals surface area contributed by atoms with E-state index in [1.165, 1.54) is 27.9 Å². The minimum absolute atomic E-state index is 0.0555. The number of fused-ring (bicyclic) bond motifs is 1. The Morgan fingerprint density at radius 1 is 1.33 bits per heavy atom. The van der Waals surface area contributed by atoms with E-state index in [-0.39, 0.29) is 22.5 Å². The molecule has 0 unspecified atom stereocenters. The van der Waals surface area contributed by atoms with E-state index in [0.717, 1.165) is 5.56 Å². The van der Waals surface area contributed by atoms with Crippen molar-refractivity contribution in [3.63, 3.8) is 0 Å². The molecule has 3 rings (SSSR count). The molecule has 0 spiro atoms. The number of imidazole rings is 1. The zero-order valence-electron chi connectivity index (χ0n) is 10.5. The normalized spacial score (nSPS) is 12.0. The minimum Gasteiger partial charge on any atom is -0.508 e. The number of sulfonamides is 1. The van der Waals surface area contributed by atoms with Gasteiger partial charge in [0.1, 0.15) is 5.75 Å². The fraction of sp³-hybridized carbons (Fsp3) is 0.0833. The Labute approximate surface area is 129 Å². The number of nitrogens with zero attached hydrogens (tertiary/aromatic N) is 2. The van der Waals surface area contributed by atoms with E-state index >= 15 is 0 Å². The number of benzene rings is 1. The molecular formula is C12H10ClN3O3S2. The number of nitrogens with one attached hydrogen (secondary N) is 1. The van der Waals surface area contributed by atoms with Crippen LogP contribution in [-0.4, -0.2) is 22.9 Å². The average Bonchev–Trinajstić information content (AvgIpc) is 2.97. The SMILES string of the molecule is O=S(=O)(NCc1ccc(O)cc1)c1c(Cl)nc2sccn12. The summed E-state index contributed by atoms with van der Waals surface area (Å²) in [5.74, 6) is 0.125. The highest BCUT2D eigenvalue weighted by Crippen LogP contribution is 2.25. The van der Waals surface area contributed by atoms with Gasteiger partial charge >= 0.3 is 0 Å². The van der Waals surface area contributed by atoms with Gasteiger partial charge in [0.15, 0.2) is 15.1 Å². The quantitative estimate of drug-likeness (QED) is 0.761. The van der Waals surface area contributed by atoms with Crippen molar-refractivity contribution in [2.24, 2.45) is 0 Å². The van der Waals surface area contributed by atoms with E-state index in [4.69, 9.17) is 11.6 Å². The maximum Gasteiger partial charge on any atom is 0.260 e. The molecule has 0 bridgehead atoms. The standard InChI is InChI=1S/C12H10ClN3O3S2/c13-10-11(16-5-6-20-12(16)15-10)21(18,19)14-7-8-1-3-9(17)4-2-8/h1-6,14,17H,7H2. The minimum atomic E-state index is -3.79. The molecule has 9 heteroatoms. The summed E-state index contributed by atoms with van der Waals surface area (Å²) in [6, 6.07) is 6.26. The number of phenols is 1. The summed E-state index contributed by atoms with van der Waals surface area (Å²) < 4.78 is 28.6. The third kappa shape index (κ3) is 2.75. The Morgan fingerprint density at radius 2 is 2.05 bits per heavy atom. The Bertz CT molecular complexity index is 884. The van der Waals surface area contributed by atoms with Gasteiger partial charge in [-0.15, -0.1) is 11.3 Å². The van der Waals surface area contributed by atoms with Gasteiger partial charge < -0.3 is 5.11 Å². The lowest BCUT2D eigenvalue weighted by atomic mass is 10.2. The molecule has 0 fully saturated rings. The van der Waals surface area contributed by atoms with Crippen molar-refractivity contribution in [3.05, 3.63) is 46.6 Å². The van der Waals surface area contributed by atoms with Gasteiger partial charge in [-0.25, -0.2) is 18.1 Å². The van der Waals surface area contributed by atoms with Gasteiger partial charge in [0.2, 0.25) is 0 Å². The second-order valence-electron chi connectivity index (χ2n) is 4.25. The highest BCUT2D eigenvalue weighted by molar-refractivity contribution is 7.89. The van der Waals surface area contributed by atoms with Gasteiger partial charge in [0, 0.05) is 18.1 Å². The fourth-order valence-corrected chi connectivity index (χ4v) is 4.30. The van der Waals surface area contributed by atoms with Gasteiger partial charge in [0.25, 0.3) is 10.0 Å². The molecule has 110 valence electrons. The number of thiazole rings is 1. The van der Waals surface area contributed by atoms with Crippen LogP contribution in [0.15, 0.2) is 40.9 Å². The van der Waals surface area contributed by atoms with Gasteiger partial charge in [-0.3, -0.25) is 4.40 Å². The summed E-state index contributed by atoms with van der Waals surface area (Å²) in [5.41, 5.74) is 0.721. The average molecular weight is 344 g/mol. The summed E-state index contributed by atoms with van der Waals surface area (Å²) in [7, 11) is -3.79. The van der Waals surface area contributed by atoms with Crippen LogP contribution in [0.2, 0.25) is 5.15 Å². The van der Waals surface area contributed by atoms with E-state index in [2.05, 4.69) is 9.71 Å². The Hall–Kier alpha value is -1.61. The molecule has 0 aliphatic heterocycles. The van der Waals surface area contributed by atoms with Crippen molar-refractivity contribution in [1.82, 2.24) is 14.1 Å². The van der Waals surface area contributed by atoms with Crippen LogP contribution in [0.1, 0.15) is 5.56 Å². The van der Waals surface area contributed by atoms with Crippen molar-refractivity contribution < 1.29 is 13.5 Å². The van der Waals surface area contributed by atoms with Gasteiger partial charge in [0.05, 0.1) is 0 Å². The van der Waals surface area contributed by atoms with Crippen LogP contribution < -0.4 is 4.72 Å². The molecule has 3 aromatic rings. The molecular weight excluding hydrogens is 334 g/mol. The lowest BCUT2D eigenvalue weighted by Gasteiger charge is -2.06. The van der Waals surface area contributed by atoms with Crippen molar-refractivity contribution in [2.45, 2.75) is 11.6 Å². The summed E-state index contributed by atoms with van der Waals surface area (Å²) in [6.07, 6.45) is 1.61. The molecule has 0 aliphatic carbocycles. The van der Waals surface area contributed by atoms with Gasteiger partial charge in [-0.05, 0) is 17.7 Å². The predicted molar refractivity (Wildman–Crippen MR) is 80.2 cm³/mol. The van der Waals surface area contributed by atoms with Crippen LogP contribution in [0.25, 0.3) is 4.96 Å². The van der Waals surface area contributed by atoms with Gasteiger partial charge in [-0.2, -0.15) is 0 Å². The van der Waals surface area contributed by atoms with E-state index in [0.29, 0.717) is 4.96 Å². The lowest BCUT2D eigenvalue weighted by molar-refractivity contribution is 0.475. The Balaban J connectivity index is 1.88. The van der Waals surface area contributed by atoms with E-state index in [1.54, 1.807) is 23.7 Å². The van der Waals surface area contributed by atoms with Crippen molar-refractivity contribution in [1.29, 1.82) is 0 Å². The molecule has 2 heterocycles. The van der Waals surface area contributed by atoms with Crippen molar-refractivity contribution in [2.75, 3.05) is 0 Å². The summed E-state index contributed by atoms with van der Waals surface area (Å²) >= 11 is 7.22. The Morgan fingerprint density at radius 3 is 2.76 bits per heavy atom. The first-order chi connectivity index (χ1) is 9.97. The number of aromatic hydroxyl groups is 1. The fourth-order valence-electron chi connectivity index (χ4n) is 1.84. The van der Waals surface area contributed by atoms with E-state index in [1.807, 2.05) is 0 Å². The molecule has 0 aliphatic rings. The van der Waals surface area contributed by atoms with Gasteiger partial charge in [-0.1, -0.05) is 23.7 Å². The number of aromatic nitrogens is 2. The zero-order valence-corrected chi connectivity index (χ0v) is 12.9.